The molecule has 2 aromatic carbocycles. The lowest BCUT2D eigenvalue weighted by Crippen LogP contribution is -2.02. The zero-order valence-corrected chi connectivity index (χ0v) is 15.1. The van der Waals surface area contributed by atoms with Crippen LogP contribution < -0.4 is 19.5 Å². The predicted molar refractivity (Wildman–Crippen MR) is 97.2 cm³/mol. The van der Waals surface area contributed by atoms with Gasteiger partial charge < -0.3 is 19.5 Å². The average Bonchev–Trinajstić information content (AvgIpc) is 2.54. The van der Waals surface area contributed by atoms with E-state index in [0.717, 1.165) is 32.1 Å². The van der Waals surface area contributed by atoms with E-state index < -0.39 is 0 Å². The second-order valence-electron chi connectivity index (χ2n) is 4.62. The number of anilines is 1. The van der Waals surface area contributed by atoms with Crippen LogP contribution in [0.1, 0.15) is 12.5 Å². The van der Waals surface area contributed by atoms with Crippen molar-refractivity contribution in [2.45, 2.75) is 13.5 Å². The van der Waals surface area contributed by atoms with E-state index in [1.807, 2.05) is 37.3 Å². The quantitative estimate of drug-likeness (QED) is 0.687. The molecule has 4 nitrogen and oxygen atoms in total. The van der Waals surface area contributed by atoms with Crippen molar-refractivity contribution in [3.8, 4) is 17.2 Å². The van der Waals surface area contributed by atoms with Crippen LogP contribution in [0.15, 0.2) is 36.4 Å². The van der Waals surface area contributed by atoms with Crippen LogP contribution in [0.3, 0.4) is 0 Å². The molecule has 2 rings (SSSR count). The Balaban J connectivity index is 2.06. The molecule has 5 heteroatoms. The number of methoxy groups -OCH3 is 2. The van der Waals surface area contributed by atoms with Gasteiger partial charge in [0.2, 0.25) is 0 Å². The van der Waals surface area contributed by atoms with E-state index >= 15 is 0 Å². The van der Waals surface area contributed by atoms with E-state index in [1.165, 1.54) is 0 Å². The summed E-state index contributed by atoms with van der Waals surface area (Å²) < 4.78 is 17.2. The Kier molecular flexibility index (Phi) is 6.18. The second-order valence-corrected chi connectivity index (χ2v) is 5.79. The van der Waals surface area contributed by atoms with Gasteiger partial charge in [0.1, 0.15) is 5.75 Å². The summed E-state index contributed by atoms with van der Waals surface area (Å²) in [4.78, 5) is 0. The molecule has 0 aliphatic rings. The molecular formula is C17H20INO3. The molecule has 118 valence electrons. The second kappa shape index (κ2) is 8.12. The van der Waals surface area contributed by atoms with Crippen LogP contribution in [0.4, 0.5) is 5.69 Å². The standard InChI is InChI=1S/C17H20INO3/c1-4-22-14-7-5-13(6-8-14)19-11-12-9-15(18)17(21-3)16(10-12)20-2/h5-10,19H,4,11H2,1-3H3. The van der Waals surface area contributed by atoms with Gasteiger partial charge >= 0.3 is 0 Å². The van der Waals surface area contributed by atoms with E-state index in [1.54, 1.807) is 14.2 Å². The van der Waals surface area contributed by atoms with Crippen molar-refractivity contribution in [2.24, 2.45) is 0 Å². The molecule has 0 aliphatic carbocycles. The maximum atomic E-state index is 5.44. The molecule has 0 atom stereocenters. The third-order valence-electron chi connectivity index (χ3n) is 3.16. The summed E-state index contributed by atoms with van der Waals surface area (Å²) in [5, 5.41) is 3.39. The Labute approximate surface area is 144 Å². The highest BCUT2D eigenvalue weighted by atomic mass is 127. The molecule has 0 amide bonds. The van der Waals surface area contributed by atoms with Gasteiger partial charge in [-0.2, -0.15) is 0 Å². The summed E-state index contributed by atoms with van der Waals surface area (Å²) >= 11 is 2.25. The smallest absolute Gasteiger partial charge is 0.174 e. The molecule has 0 bridgehead atoms. The highest BCUT2D eigenvalue weighted by Crippen LogP contribution is 2.33. The van der Waals surface area contributed by atoms with Gasteiger partial charge in [-0.05, 0) is 71.5 Å². The van der Waals surface area contributed by atoms with Gasteiger partial charge in [-0.25, -0.2) is 0 Å². The first-order valence-corrected chi connectivity index (χ1v) is 8.13. The highest BCUT2D eigenvalue weighted by molar-refractivity contribution is 14.1. The largest absolute Gasteiger partial charge is 0.494 e. The number of hydrogen-bond acceptors (Lipinski definition) is 4. The maximum Gasteiger partial charge on any atom is 0.174 e. The lowest BCUT2D eigenvalue weighted by molar-refractivity contribution is 0.340. The molecule has 0 spiro atoms. The molecular weight excluding hydrogens is 393 g/mol. The topological polar surface area (TPSA) is 39.7 Å². The Morgan fingerprint density at radius 3 is 2.36 bits per heavy atom. The van der Waals surface area contributed by atoms with E-state index in [2.05, 4.69) is 34.0 Å². The summed E-state index contributed by atoms with van der Waals surface area (Å²) in [5.74, 6) is 2.40. The number of ether oxygens (including phenoxy) is 3. The van der Waals surface area contributed by atoms with Gasteiger partial charge in [0.05, 0.1) is 24.4 Å². The first-order valence-electron chi connectivity index (χ1n) is 7.05. The summed E-state index contributed by atoms with van der Waals surface area (Å²) in [5.41, 5.74) is 2.18. The van der Waals surface area contributed by atoms with Gasteiger partial charge in [-0.1, -0.05) is 0 Å². The van der Waals surface area contributed by atoms with E-state index in [-0.39, 0.29) is 0 Å². The molecule has 0 unspecified atom stereocenters. The van der Waals surface area contributed by atoms with Crippen molar-refractivity contribution in [1.29, 1.82) is 0 Å². The fraction of sp³-hybridized carbons (Fsp3) is 0.294. The zero-order chi connectivity index (χ0) is 15.9. The molecule has 1 N–H and O–H groups in total. The lowest BCUT2D eigenvalue weighted by Gasteiger charge is -2.13. The summed E-state index contributed by atoms with van der Waals surface area (Å²) in [6.07, 6.45) is 0. The van der Waals surface area contributed by atoms with Crippen LogP contribution >= 0.6 is 22.6 Å². The number of halogens is 1. The molecule has 0 saturated heterocycles. The zero-order valence-electron chi connectivity index (χ0n) is 13.0. The average molecular weight is 413 g/mol. The first kappa shape index (κ1) is 16.7. The van der Waals surface area contributed by atoms with Crippen molar-refractivity contribution in [3.63, 3.8) is 0 Å². The number of rotatable bonds is 7. The summed E-state index contributed by atoms with van der Waals surface area (Å²) in [6.45, 7) is 3.37. The van der Waals surface area contributed by atoms with Crippen molar-refractivity contribution in [3.05, 3.63) is 45.5 Å². The predicted octanol–water partition coefficient (Wildman–Crippen LogP) is 4.32. The minimum atomic E-state index is 0.677. The highest BCUT2D eigenvalue weighted by Gasteiger charge is 2.10. The minimum Gasteiger partial charge on any atom is -0.494 e. The SMILES string of the molecule is CCOc1ccc(NCc2cc(I)c(OC)c(OC)c2)cc1. The van der Waals surface area contributed by atoms with Gasteiger partial charge in [0, 0.05) is 12.2 Å². The maximum absolute atomic E-state index is 5.44. The van der Waals surface area contributed by atoms with Gasteiger partial charge in [-0.15, -0.1) is 0 Å². The van der Waals surface area contributed by atoms with Crippen molar-refractivity contribution in [1.82, 2.24) is 0 Å². The van der Waals surface area contributed by atoms with Crippen LogP contribution in [0.5, 0.6) is 17.2 Å². The minimum absolute atomic E-state index is 0.677. The molecule has 2 aromatic rings. The van der Waals surface area contributed by atoms with Crippen molar-refractivity contribution in [2.75, 3.05) is 26.1 Å². The normalized spacial score (nSPS) is 10.2. The van der Waals surface area contributed by atoms with E-state index in [0.29, 0.717) is 13.2 Å². The third-order valence-corrected chi connectivity index (χ3v) is 3.96. The van der Waals surface area contributed by atoms with Crippen LogP contribution in [0.2, 0.25) is 0 Å². The lowest BCUT2D eigenvalue weighted by atomic mass is 10.2. The van der Waals surface area contributed by atoms with E-state index in [4.69, 9.17) is 14.2 Å². The molecule has 0 radical (unpaired) electrons. The molecule has 0 fully saturated rings. The van der Waals surface area contributed by atoms with Crippen LogP contribution in [-0.4, -0.2) is 20.8 Å². The van der Waals surface area contributed by atoms with Gasteiger partial charge in [0.25, 0.3) is 0 Å². The molecule has 22 heavy (non-hydrogen) atoms. The Morgan fingerprint density at radius 2 is 1.77 bits per heavy atom. The molecule has 0 heterocycles. The number of nitrogens with one attached hydrogen (secondary N) is 1. The Morgan fingerprint density at radius 1 is 1.05 bits per heavy atom. The third kappa shape index (κ3) is 4.19. The summed E-state index contributed by atoms with van der Waals surface area (Å²) in [6, 6.07) is 12.0. The van der Waals surface area contributed by atoms with Crippen molar-refractivity contribution < 1.29 is 14.2 Å². The summed E-state index contributed by atoms with van der Waals surface area (Å²) in [7, 11) is 3.30. The first-order chi connectivity index (χ1) is 10.7. The van der Waals surface area contributed by atoms with Gasteiger partial charge in [0.15, 0.2) is 11.5 Å². The van der Waals surface area contributed by atoms with Gasteiger partial charge in [-0.3, -0.25) is 0 Å². The monoisotopic (exact) mass is 413 g/mol. The van der Waals surface area contributed by atoms with Crippen LogP contribution in [0.25, 0.3) is 0 Å². The fourth-order valence-electron chi connectivity index (χ4n) is 2.11. The fourth-order valence-corrected chi connectivity index (χ4v) is 3.00. The van der Waals surface area contributed by atoms with E-state index in [9.17, 15) is 0 Å². The van der Waals surface area contributed by atoms with Crippen molar-refractivity contribution >= 4 is 28.3 Å². The molecule has 0 aromatic heterocycles. The number of hydrogen-bond donors (Lipinski definition) is 1. The number of benzene rings is 2. The van der Waals surface area contributed by atoms with Crippen LogP contribution in [-0.2, 0) is 6.54 Å². The Bertz CT molecular complexity index is 614. The van der Waals surface area contributed by atoms with Crippen LogP contribution in [0, 0.1) is 3.57 Å². The molecule has 0 aliphatic heterocycles. The Hall–Kier alpha value is -1.63. The molecule has 0 saturated carbocycles.